The normalized spacial score (nSPS) is 14.1. The highest BCUT2D eigenvalue weighted by Crippen LogP contribution is 2.43. The third-order valence-electron chi connectivity index (χ3n) is 9.94. The van der Waals surface area contributed by atoms with E-state index < -0.39 is 0 Å². The molecule has 0 bridgehead atoms. The van der Waals surface area contributed by atoms with Gasteiger partial charge in [0.25, 0.3) is 0 Å². The molecule has 3 atom stereocenters. The van der Waals surface area contributed by atoms with Gasteiger partial charge in [0, 0.05) is 11.8 Å². The Morgan fingerprint density at radius 1 is 0.792 bits per heavy atom. The number of hydrogen-bond donors (Lipinski definition) is 0. The molecule has 254 valence electrons. The zero-order valence-corrected chi connectivity index (χ0v) is 31.2. The predicted molar refractivity (Wildman–Crippen MR) is 204 cm³/mol. The van der Waals surface area contributed by atoms with Crippen molar-refractivity contribution in [1.82, 2.24) is 0 Å². The Balaban J connectivity index is 1.97. The van der Waals surface area contributed by atoms with Gasteiger partial charge in [-0.15, -0.1) is 4.91 Å². The van der Waals surface area contributed by atoms with Crippen LogP contribution >= 0.6 is 0 Å². The van der Waals surface area contributed by atoms with E-state index in [1.54, 1.807) is 0 Å². The van der Waals surface area contributed by atoms with E-state index in [1.807, 2.05) is 34.6 Å². The largest absolute Gasteiger partial charge is 0.465 e. The van der Waals surface area contributed by atoms with Gasteiger partial charge in [-0.05, 0) is 161 Å². The smallest absolute Gasteiger partial charge is 0.197 e. The molecule has 0 aliphatic carbocycles. The maximum Gasteiger partial charge on any atom is 0.197 e. The van der Waals surface area contributed by atoms with Crippen LogP contribution in [0.1, 0.15) is 122 Å². The third-order valence-corrected chi connectivity index (χ3v) is 9.94. The number of nitroso groups, excluding NO2 is 1. The van der Waals surface area contributed by atoms with E-state index in [1.165, 1.54) is 44.2 Å². The molecule has 0 aromatic heterocycles. The molecule has 0 saturated heterocycles. The number of aryl methyl sites for hydroxylation is 2. The second-order valence-corrected chi connectivity index (χ2v) is 13.8. The van der Waals surface area contributed by atoms with Crippen LogP contribution in [0.15, 0.2) is 77.5 Å². The van der Waals surface area contributed by atoms with Gasteiger partial charge in [-0.1, -0.05) is 79.3 Å². The van der Waals surface area contributed by atoms with Crippen molar-refractivity contribution in [1.29, 1.82) is 0 Å². The Labute approximate surface area is 289 Å². The molecule has 0 aliphatic heterocycles. The molecule has 0 saturated carbocycles. The maximum atomic E-state index is 11.9. The van der Waals surface area contributed by atoms with Gasteiger partial charge in [-0.3, -0.25) is 0 Å². The van der Waals surface area contributed by atoms with Gasteiger partial charge < -0.3 is 9.47 Å². The summed E-state index contributed by atoms with van der Waals surface area (Å²) >= 11 is 0. The van der Waals surface area contributed by atoms with Crippen LogP contribution in [0, 0.1) is 46.4 Å². The van der Waals surface area contributed by atoms with Gasteiger partial charge in [0.15, 0.2) is 6.29 Å². The number of ether oxygens (including phenoxy) is 2. The van der Waals surface area contributed by atoms with E-state index in [0.29, 0.717) is 11.6 Å². The molecule has 4 heteroatoms. The summed E-state index contributed by atoms with van der Waals surface area (Å²) < 4.78 is 12.3. The topological polar surface area (TPSA) is 47.9 Å². The standard InChI is InChI=1S/C44H55NO3/c1-13-15-16-36(21-27(5)14-2)37-19-17-35-18-20-38(25-39(35)24-37)42(40-22-28(6)43(45-46)32(10)30(40)8)41-23-29(7)44(33(11)31(41)9)48-34(12)47-26(3)4/h13,15,17-26,34,36,42H,14,16H2,1-12H3/b15-13+,27-21+. The molecule has 0 amide bonds. The zero-order valence-electron chi connectivity index (χ0n) is 31.2. The lowest BCUT2D eigenvalue weighted by atomic mass is 9.77. The van der Waals surface area contributed by atoms with Crippen LogP contribution in [0.5, 0.6) is 5.75 Å². The first-order chi connectivity index (χ1) is 22.8. The lowest BCUT2D eigenvalue weighted by Crippen LogP contribution is -2.21. The molecule has 4 rings (SSSR count). The first-order valence-electron chi connectivity index (χ1n) is 17.5. The number of nitrogens with zero attached hydrogens (tertiary/aromatic N) is 1. The molecule has 0 heterocycles. The molecule has 0 fully saturated rings. The van der Waals surface area contributed by atoms with Crippen LogP contribution in [0.4, 0.5) is 5.69 Å². The van der Waals surface area contributed by atoms with Crippen LogP contribution < -0.4 is 4.74 Å². The van der Waals surface area contributed by atoms with Crippen molar-refractivity contribution >= 4 is 16.5 Å². The fourth-order valence-corrected chi connectivity index (χ4v) is 6.95. The average molecular weight is 646 g/mol. The highest BCUT2D eigenvalue weighted by atomic mass is 16.7. The molecular formula is C44H55NO3. The van der Waals surface area contributed by atoms with E-state index >= 15 is 0 Å². The van der Waals surface area contributed by atoms with Crippen molar-refractivity contribution in [3.63, 3.8) is 0 Å². The van der Waals surface area contributed by atoms with E-state index in [4.69, 9.17) is 9.47 Å². The number of hydrogen-bond acceptors (Lipinski definition) is 4. The van der Waals surface area contributed by atoms with Crippen LogP contribution in [-0.2, 0) is 4.74 Å². The fourth-order valence-electron chi connectivity index (χ4n) is 6.95. The number of benzene rings is 4. The van der Waals surface area contributed by atoms with E-state index in [0.717, 1.165) is 46.4 Å². The van der Waals surface area contributed by atoms with Crippen LogP contribution in [0.3, 0.4) is 0 Å². The number of rotatable bonds is 13. The molecule has 0 radical (unpaired) electrons. The summed E-state index contributed by atoms with van der Waals surface area (Å²) in [7, 11) is 0. The Hall–Kier alpha value is -4.02. The van der Waals surface area contributed by atoms with E-state index in [9.17, 15) is 4.91 Å². The minimum Gasteiger partial charge on any atom is -0.465 e. The quantitative estimate of drug-likeness (QED) is 0.0629. The minimum absolute atomic E-state index is 0.0620. The summed E-state index contributed by atoms with van der Waals surface area (Å²) in [5, 5.41) is 5.86. The molecular weight excluding hydrogens is 590 g/mol. The highest BCUT2D eigenvalue weighted by Gasteiger charge is 2.26. The number of fused-ring (bicyclic) bond motifs is 1. The summed E-state index contributed by atoms with van der Waals surface area (Å²) in [5.74, 6) is 1.13. The van der Waals surface area contributed by atoms with Crippen molar-refractivity contribution < 1.29 is 9.47 Å². The molecule has 0 N–H and O–H groups in total. The van der Waals surface area contributed by atoms with E-state index in [2.05, 4.69) is 120 Å². The Morgan fingerprint density at radius 3 is 2.00 bits per heavy atom. The molecule has 48 heavy (non-hydrogen) atoms. The van der Waals surface area contributed by atoms with Gasteiger partial charge in [-0.2, -0.15) is 0 Å². The summed E-state index contributed by atoms with van der Waals surface area (Å²) in [5.41, 5.74) is 13.2. The predicted octanol–water partition coefficient (Wildman–Crippen LogP) is 12.8. The van der Waals surface area contributed by atoms with Crippen molar-refractivity contribution in [3.8, 4) is 5.75 Å². The average Bonchev–Trinajstić information content (AvgIpc) is 3.05. The first-order valence-corrected chi connectivity index (χ1v) is 17.5. The van der Waals surface area contributed by atoms with Gasteiger partial charge >= 0.3 is 0 Å². The van der Waals surface area contributed by atoms with Crippen molar-refractivity contribution in [2.45, 2.75) is 120 Å². The minimum atomic E-state index is -0.360. The molecule has 4 nitrogen and oxygen atoms in total. The van der Waals surface area contributed by atoms with Crippen LogP contribution in [0.2, 0.25) is 0 Å². The first kappa shape index (κ1) is 36.8. The molecule has 0 aliphatic rings. The van der Waals surface area contributed by atoms with Gasteiger partial charge in [-0.25, -0.2) is 0 Å². The molecule has 4 aromatic rings. The summed E-state index contributed by atoms with van der Waals surface area (Å²) in [6.07, 6.45) is 8.57. The third kappa shape index (κ3) is 7.98. The molecule has 3 unspecified atom stereocenters. The maximum absolute atomic E-state index is 11.9. The lowest BCUT2D eigenvalue weighted by Gasteiger charge is -2.28. The van der Waals surface area contributed by atoms with E-state index in [-0.39, 0.29) is 18.3 Å². The summed E-state index contributed by atoms with van der Waals surface area (Å²) in [4.78, 5) is 11.9. The molecule has 0 spiro atoms. The second kappa shape index (κ2) is 15.9. The van der Waals surface area contributed by atoms with Crippen molar-refractivity contribution in [2.24, 2.45) is 5.18 Å². The Bertz CT molecular complexity index is 1840. The van der Waals surface area contributed by atoms with Crippen LogP contribution in [-0.4, -0.2) is 12.4 Å². The van der Waals surface area contributed by atoms with Crippen molar-refractivity contribution in [2.75, 3.05) is 0 Å². The van der Waals surface area contributed by atoms with Crippen LogP contribution in [0.25, 0.3) is 10.8 Å². The zero-order chi connectivity index (χ0) is 35.3. The molecule has 4 aromatic carbocycles. The van der Waals surface area contributed by atoms with Crippen molar-refractivity contribution in [3.05, 3.63) is 133 Å². The van der Waals surface area contributed by atoms with Gasteiger partial charge in [0.1, 0.15) is 11.4 Å². The highest BCUT2D eigenvalue weighted by molar-refractivity contribution is 5.84. The SMILES string of the molecule is C/C=C/CC(/C=C(\C)CC)c1ccc2ccc(C(c3cc(C)c(N=O)c(C)c3C)c3cc(C)c(OC(C)OC(C)C)c(C)c3C)cc2c1. The Morgan fingerprint density at radius 2 is 1.40 bits per heavy atom. The second-order valence-electron chi connectivity index (χ2n) is 13.8. The summed E-state index contributed by atoms with van der Waals surface area (Å²) in [6, 6.07) is 18.3. The monoisotopic (exact) mass is 645 g/mol. The van der Waals surface area contributed by atoms with Gasteiger partial charge in [0.2, 0.25) is 0 Å². The fraction of sp³-hybridized carbons (Fsp3) is 0.409. The summed E-state index contributed by atoms with van der Waals surface area (Å²) in [6.45, 7) is 25.1. The van der Waals surface area contributed by atoms with Gasteiger partial charge in [0.05, 0.1) is 6.10 Å². The number of allylic oxidation sites excluding steroid dienone is 4. The lowest BCUT2D eigenvalue weighted by molar-refractivity contribution is -0.0956. The Kier molecular flexibility index (Phi) is 12.2.